The molecule has 0 saturated heterocycles. The third-order valence-electron chi connectivity index (χ3n) is 3.62. The van der Waals surface area contributed by atoms with Crippen molar-refractivity contribution in [1.29, 1.82) is 5.26 Å². The Hall–Kier alpha value is -2.87. The zero-order valence-electron chi connectivity index (χ0n) is 13.4. The topological polar surface area (TPSA) is 74.9 Å². The van der Waals surface area contributed by atoms with Crippen LogP contribution >= 0.6 is 0 Å². The summed E-state index contributed by atoms with van der Waals surface area (Å²) in [6, 6.07) is 11.6. The first-order valence-corrected chi connectivity index (χ1v) is 7.43. The zero-order chi connectivity index (χ0) is 17.0. The predicted molar refractivity (Wildman–Crippen MR) is 89.1 cm³/mol. The second kappa shape index (κ2) is 6.93. The van der Waals surface area contributed by atoms with E-state index in [1.807, 2.05) is 19.9 Å². The van der Waals surface area contributed by atoms with E-state index in [9.17, 15) is 9.59 Å². The minimum absolute atomic E-state index is 0.0614. The lowest BCUT2D eigenvalue weighted by Gasteiger charge is -2.23. The summed E-state index contributed by atoms with van der Waals surface area (Å²) in [7, 11) is 0. The van der Waals surface area contributed by atoms with Gasteiger partial charge in [0.1, 0.15) is 6.04 Å². The number of nitrogens with zero attached hydrogens (tertiary/aromatic N) is 2. The first kappa shape index (κ1) is 16.5. The molecular formula is C18H19N3O2. The quantitative estimate of drug-likeness (QED) is 0.943. The van der Waals surface area contributed by atoms with Crippen molar-refractivity contribution in [3.8, 4) is 6.07 Å². The van der Waals surface area contributed by atoms with Gasteiger partial charge in [-0.2, -0.15) is 5.26 Å². The number of rotatable bonds is 4. The normalized spacial score (nSPS) is 11.8. The fraction of sp³-hybridized carbons (Fsp3) is 0.278. The standard InChI is InChI=1S/C18H19N3O2/c1-12(2)16(21-9-5-6-13(3)18(21)23)17(22)20-15-8-4-7-14(10-15)11-19/h4-10,12,16H,1-3H3,(H,20,22). The zero-order valence-corrected chi connectivity index (χ0v) is 13.4. The second-order valence-corrected chi connectivity index (χ2v) is 5.77. The summed E-state index contributed by atoms with van der Waals surface area (Å²) in [5.41, 5.74) is 1.43. The molecule has 1 heterocycles. The summed E-state index contributed by atoms with van der Waals surface area (Å²) in [6.45, 7) is 5.51. The van der Waals surface area contributed by atoms with Gasteiger partial charge in [-0.25, -0.2) is 0 Å². The van der Waals surface area contributed by atoms with E-state index < -0.39 is 6.04 Å². The lowest BCUT2D eigenvalue weighted by Crippen LogP contribution is -2.36. The molecule has 1 aromatic carbocycles. The van der Waals surface area contributed by atoms with Crippen LogP contribution in [0.2, 0.25) is 0 Å². The number of nitrogens with one attached hydrogen (secondary N) is 1. The summed E-state index contributed by atoms with van der Waals surface area (Å²) < 4.78 is 1.46. The molecule has 2 rings (SSSR count). The lowest BCUT2D eigenvalue weighted by atomic mass is 10.0. The first-order chi connectivity index (χ1) is 10.9. The third kappa shape index (κ3) is 3.67. The van der Waals surface area contributed by atoms with Crippen LogP contribution in [0, 0.1) is 24.2 Å². The Labute approximate surface area is 135 Å². The summed E-state index contributed by atoms with van der Waals surface area (Å²) in [4.78, 5) is 25.0. The van der Waals surface area contributed by atoms with Crippen molar-refractivity contribution in [3.63, 3.8) is 0 Å². The van der Waals surface area contributed by atoms with E-state index in [-0.39, 0.29) is 17.4 Å². The Kier molecular flexibility index (Phi) is 4.97. The number of hydrogen-bond donors (Lipinski definition) is 1. The maximum Gasteiger partial charge on any atom is 0.254 e. The van der Waals surface area contributed by atoms with Gasteiger partial charge in [0.15, 0.2) is 0 Å². The number of amides is 1. The average Bonchev–Trinajstić information content (AvgIpc) is 2.51. The minimum Gasteiger partial charge on any atom is -0.324 e. The Balaban J connectivity index is 2.34. The van der Waals surface area contributed by atoms with Crippen molar-refractivity contribution in [3.05, 3.63) is 64.1 Å². The smallest absolute Gasteiger partial charge is 0.254 e. The molecular weight excluding hydrogens is 290 g/mol. The molecule has 23 heavy (non-hydrogen) atoms. The van der Waals surface area contributed by atoms with Crippen molar-refractivity contribution in [2.24, 2.45) is 5.92 Å². The summed E-state index contributed by atoms with van der Waals surface area (Å²) >= 11 is 0. The molecule has 5 nitrogen and oxygen atoms in total. The number of pyridine rings is 1. The van der Waals surface area contributed by atoms with Crippen molar-refractivity contribution in [2.75, 3.05) is 5.32 Å². The van der Waals surface area contributed by atoms with E-state index in [0.717, 1.165) is 0 Å². The number of aromatic nitrogens is 1. The van der Waals surface area contributed by atoms with Crippen LogP contribution in [0.5, 0.6) is 0 Å². The maximum absolute atomic E-state index is 12.7. The number of benzene rings is 1. The molecule has 1 amide bonds. The molecule has 0 spiro atoms. The fourth-order valence-electron chi connectivity index (χ4n) is 2.47. The first-order valence-electron chi connectivity index (χ1n) is 7.43. The van der Waals surface area contributed by atoms with Crippen LogP contribution in [-0.2, 0) is 4.79 Å². The molecule has 0 radical (unpaired) electrons. The molecule has 0 saturated carbocycles. The number of anilines is 1. The Bertz CT molecular complexity index is 816. The van der Waals surface area contributed by atoms with Gasteiger partial charge in [-0.3, -0.25) is 9.59 Å². The lowest BCUT2D eigenvalue weighted by molar-refractivity contribution is -0.120. The van der Waals surface area contributed by atoms with Crippen molar-refractivity contribution in [2.45, 2.75) is 26.8 Å². The highest BCUT2D eigenvalue weighted by molar-refractivity contribution is 5.94. The number of nitriles is 1. The van der Waals surface area contributed by atoms with Gasteiger partial charge in [0.25, 0.3) is 5.56 Å². The van der Waals surface area contributed by atoms with E-state index >= 15 is 0 Å². The molecule has 0 aliphatic carbocycles. The molecule has 0 bridgehead atoms. The highest BCUT2D eigenvalue weighted by Gasteiger charge is 2.25. The maximum atomic E-state index is 12.7. The Morgan fingerprint density at radius 3 is 2.65 bits per heavy atom. The van der Waals surface area contributed by atoms with Gasteiger partial charge < -0.3 is 9.88 Å². The summed E-state index contributed by atoms with van der Waals surface area (Å²) in [5.74, 6) is -0.337. The van der Waals surface area contributed by atoms with Gasteiger partial charge in [0.05, 0.1) is 11.6 Å². The van der Waals surface area contributed by atoms with Crippen LogP contribution in [-0.4, -0.2) is 10.5 Å². The van der Waals surface area contributed by atoms with Gasteiger partial charge in [-0.05, 0) is 37.1 Å². The van der Waals surface area contributed by atoms with Crippen molar-refractivity contribution in [1.82, 2.24) is 4.57 Å². The molecule has 1 atom stereocenters. The van der Waals surface area contributed by atoms with E-state index in [4.69, 9.17) is 5.26 Å². The van der Waals surface area contributed by atoms with Crippen LogP contribution in [0.3, 0.4) is 0 Å². The van der Waals surface area contributed by atoms with Gasteiger partial charge in [0.2, 0.25) is 5.91 Å². The fourth-order valence-corrected chi connectivity index (χ4v) is 2.47. The van der Waals surface area contributed by atoms with E-state index in [1.54, 1.807) is 49.5 Å². The minimum atomic E-state index is -0.617. The molecule has 0 aliphatic heterocycles. The van der Waals surface area contributed by atoms with Gasteiger partial charge in [-0.1, -0.05) is 26.0 Å². The average molecular weight is 309 g/mol. The Morgan fingerprint density at radius 1 is 1.26 bits per heavy atom. The van der Waals surface area contributed by atoms with Crippen LogP contribution in [0.1, 0.15) is 31.0 Å². The van der Waals surface area contributed by atoms with Crippen LogP contribution in [0.4, 0.5) is 5.69 Å². The van der Waals surface area contributed by atoms with E-state index in [1.165, 1.54) is 4.57 Å². The molecule has 0 aliphatic rings. The summed E-state index contributed by atoms with van der Waals surface area (Å²) in [5, 5.41) is 11.7. The molecule has 1 N–H and O–H groups in total. The summed E-state index contributed by atoms with van der Waals surface area (Å²) in [6.07, 6.45) is 1.63. The van der Waals surface area contributed by atoms with Crippen LogP contribution < -0.4 is 10.9 Å². The van der Waals surface area contributed by atoms with Crippen molar-refractivity contribution < 1.29 is 4.79 Å². The molecule has 1 unspecified atom stereocenters. The molecule has 118 valence electrons. The van der Waals surface area contributed by atoms with E-state index in [2.05, 4.69) is 5.32 Å². The molecule has 0 fully saturated rings. The second-order valence-electron chi connectivity index (χ2n) is 5.77. The van der Waals surface area contributed by atoms with Gasteiger partial charge >= 0.3 is 0 Å². The van der Waals surface area contributed by atoms with Gasteiger partial charge in [-0.15, -0.1) is 0 Å². The molecule has 5 heteroatoms. The monoisotopic (exact) mass is 309 g/mol. The largest absolute Gasteiger partial charge is 0.324 e. The number of carbonyl (C=O) groups is 1. The Morgan fingerprint density at radius 2 is 2.00 bits per heavy atom. The van der Waals surface area contributed by atoms with Crippen molar-refractivity contribution >= 4 is 11.6 Å². The third-order valence-corrected chi connectivity index (χ3v) is 3.62. The van der Waals surface area contributed by atoms with Crippen LogP contribution in [0.15, 0.2) is 47.4 Å². The molecule has 1 aromatic heterocycles. The number of hydrogen-bond acceptors (Lipinski definition) is 3. The highest BCUT2D eigenvalue weighted by Crippen LogP contribution is 2.19. The SMILES string of the molecule is Cc1cccn(C(C(=O)Nc2cccc(C#N)c2)C(C)C)c1=O. The van der Waals surface area contributed by atoms with E-state index in [0.29, 0.717) is 16.8 Å². The number of carbonyl (C=O) groups excluding carboxylic acids is 1. The highest BCUT2D eigenvalue weighted by atomic mass is 16.2. The van der Waals surface area contributed by atoms with Gasteiger partial charge in [0, 0.05) is 17.4 Å². The van der Waals surface area contributed by atoms with Crippen LogP contribution in [0.25, 0.3) is 0 Å². The predicted octanol–water partition coefficient (Wildman–Crippen LogP) is 2.86. The number of aryl methyl sites for hydroxylation is 1. The molecule has 2 aromatic rings.